The van der Waals surface area contributed by atoms with Gasteiger partial charge in [0, 0.05) is 12.1 Å². The molecule has 8 heteroatoms. The minimum atomic E-state index is 0. The predicted octanol–water partition coefficient (Wildman–Crippen LogP) is 4.08. The number of nitrogens with one attached hydrogen (secondary N) is 2. The summed E-state index contributed by atoms with van der Waals surface area (Å²) in [7, 11) is 0. The van der Waals surface area contributed by atoms with Crippen molar-refractivity contribution in [1.82, 2.24) is 20.1 Å². The van der Waals surface area contributed by atoms with Gasteiger partial charge in [0.05, 0.1) is 17.3 Å². The fraction of sp³-hybridized carbons (Fsp3) is 0.381. The standard InChI is InChI=1S/C21H25N5O.2ClH/c27-21(24-19-8-11-22-20-18(19)15-23-25-20)17-9-13-26(14-10-17)12-4-7-16-5-2-1-3-6-16;;/h1-3,5-6,8,11,15,17H,4,7,9-10,12-14H2,(H2,22,23,24,25,27);2*1H. The highest BCUT2D eigenvalue weighted by Crippen LogP contribution is 2.23. The molecule has 0 radical (unpaired) electrons. The Balaban J connectivity index is 0.00000150. The average Bonchev–Trinajstić information content (AvgIpc) is 3.19. The summed E-state index contributed by atoms with van der Waals surface area (Å²) in [6.45, 7) is 3.08. The van der Waals surface area contributed by atoms with Crippen LogP contribution in [0.4, 0.5) is 5.69 Å². The number of carbonyl (C=O) groups excluding carboxylic acids is 1. The third kappa shape index (κ3) is 5.92. The molecule has 1 amide bonds. The lowest BCUT2D eigenvalue weighted by molar-refractivity contribution is -0.121. The molecule has 0 atom stereocenters. The Kier molecular flexibility index (Phi) is 8.89. The van der Waals surface area contributed by atoms with E-state index in [-0.39, 0.29) is 36.6 Å². The van der Waals surface area contributed by atoms with Crippen molar-refractivity contribution >= 4 is 47.4 Å². The SMILES string of the molecule is Cl.Cl.O=C(Nc1ccnc2[nH]ncc12)C1CCN(CCCc2ccccc2)CC1. The maximum absolute atomic E-state index is 12.7. The lowest BCUT2D eigenvalue weighted by Gasteiger charge is -2.31. The lowest BCUT2D eigenvalue weighted by atomic mass is 9.95. The predicted molar refractivity (Wildman–Crippen MR) is 121 cm³/mol. The van der Waals surface area contributed by atoms with Crippen LogP contribution in [0.25, 0.3) is 11.0 Å². The van der Waals surface area contributed by atoms with Crippen molar-refractivity contribution in [3.63, 3.8) is 0 Å². The number of piperidine rings is 1. The number of pyridine rings is 1. The van der Waals surface area contributed by atoms with Gasteiger partial charge >= 0.3 is 0 Å². The molecule has 6 nitrogen and oxygen atoms in total. The Morgan fingerprint density at radius 1 is 1.14 bits per heavy atom. The smallest absolute Gasteiger partial charge is 0.227 e. The van der Waals surface area contributed by atoms with Crippen molar-refractivity contribution in [2.75, 3.05) is 25.0 Å². The Morgan fingerprint density at radius 2 is 1.90 bits per heavy atom. The van der Waals surface area contributed by atoms with Crippen molar-refractivity contribution in [2.45, 2.75) is 25.7 Å². The van der Waals surface area contributed by atoms with Crippen molar-refractivity contribution in [3.8, 4) is 0 Å². The van der Waals surface area contributed by atoms with Gasteiger partial charge in [-0.15, -0.1) is 24.8 Å². The zero-order valence-electron chi connectivity index (χ0n) is 16.2. The van der Waals surface area contributed by atoms with E-state index >= 15 is 0 Å². The van der Waals surface area contributed by atoms with Crippen molar-refractivity contribution in [1.29, 1.82) is 0 Å². The van der Waals surface area contributed by atoms with Gasteiger partial charge in [0.25, 0.3) is 0 Å². The fourth-order valence-electron chi connectivity index (χ4n) is 3.76. The summed E-state index contributed by atoms with van der Waals surface area (Å²) in [6, 6.07) is 12.5. The molecule has 0 saturated carbocycles. The number of rotatable bonds is 6. The van der Waals surface area contributed by atoms with E-state index in [9.17, 15) is 4.79 Å². The number of aryl methyl sites for hydroxylation is 1. The first-order valence-corrected chi connectivity index (χ1v) is 9.65. The maximum Gasteiger partial charge on any atom is 0.227 e. The third-order valence-corrected chi connectivity index (χ3v) is 5.35. The zero-order chi connectivity index (χ0) is 18.5. The van der Waals surface area contributed by atoms with Crippen molar-refractivity contribution in [3.05, 3.63) is 54.4 Å². The molecule has 156 valence electrons. The van der Waals surface area contributed by atoms with E-state index in [1.54, 1.807) is 12.4 Å². The van der Waals surface area contributed by atoms with E-state index < -0.39 is 0 Å². The van der Waals surface area contributed by atoms with Crippen LogP contribution in [0.15, 0.2) is 48.8 Å². The van der Waals surface area contributed by atoms with Gasteiger partial charge in [-0.05, 0) is 56.9 Å². The molecule has 0 aliphatic carbocycles. The number of H-pyrrole nitrogens is 1. The number of likely N-dealkylation sites (tertiary alicyclic amines) is 1. The van der Waals surface area contributed by atoms with Crippen LogP contribution in [0.5, 0.6) is 0 Å². The molecule has 1 fully saturated rings. The number of aromatic amines is 1. The number of carbonyl (C=O) groups is 1. The highest BCUT2D eigenvalue weighted by Gasteiger charge is 2.25. The molecule has 2 N–H and O–H groups in total. The molecular weight excluding hydrogens is 409 g/mol. The highest BCUT2D eigenvalue weighted by atomic mass is 35.5. The van der Waals surface area contributed by atoms with Crippen LogP contribution in [0.2, 0.25) is 0 Å². The first kappa shape index (κ1) is 23.1. The normalized spacial score (nSPS) is 14.8. The number of hydrogen-bond acceptors (Lipinski definition) is 4. The molecular formula is C21H27Cl2N5O. The summed E-state index contributed by atoms with van der Waals surface area (Å²) in [5.74, 6) is 0.179. The molecule has 4 rings (SSSR count). The van der Waals surface area contributed by atoms with Crippen molar-refractivity contribution in [2.24, 2.45) is 5.92 Å². The van der Waals surface area contributed by atoms with Gasteiger partial charge in [0.15, 0.2) is 5.65 Å². The van der Waals surface area contributed by atoms with Gasteiger partial charge in [-0.3, -0.25) is 9.89 Å². The quantitative estimate of drug-likeness (QED) is 0.611. The number of fused-ring (bicyclic) bond motifs is 1. The fourth-order valence-corrected chi connectivity index (χ4v) is 3.76. The van der Waals surface area contributed by atoms with E-state index in [1.807, 2.05) is 6.07 Å². The largest absolute Gasteiger partial charge is 0.325 e. The third-order valence-electron chi connectivity index (χ3n) is 5.35. The van der Waals surface area contributed by atoms with E-state index in [2.05, 4.69) is 55.7 Å². The van der Waals surface area contributed by atoms with Crippen LogP contribution in [0.1, 0.15) is 24.8 Å². The molecule has 1 aliphatic heterocycles. The Morgan fingerprint density at radius 3 is 2.66 bits per heavy atom. The van der Waals surface area contributed by atoms with Gasteiger partial charge < -0.3 is 10.2 Å². The molecule has 0 bridgehead atoms. The maximum atomic E-state index is 12.7. The number of hydrogen-bond donors (Lipinski definition) is 2. The molecule has 0 unspecified atom stereocenters. The number of nitrogens with zero attached hydrogens (tertiary/aromatic N) is 3. The summed E-state index contributed by atoms with van der Waals surface area (Å²) in [6.07, 6.45) is 7.49. The van der Waals surface area contributed by atoms with E-state index in [0.717, 1.165) is 56.4 Å². The number of benzene rings is 1. The Labute approximate surface area is 183 Å². The van der Waals surface area contributed by atoms with Crippen LogP contribution in [0, 0.1) is 5.92 Å². The minimum absolute atomic E-state index is 0. The van der Waals surface area contributed by atoms with Crippen LogP contribution in [0.3, 0.4) is 0 Å². The van der Waals surface area contributed by atoms with Gasteiger partial charge in [0.1, 0.15) is 0 Å². The Hall–Kier alpha value is -2.15. The van der Waals surface area contributed by atoms with Gasteiger partial charge in [-0.1, -0.05) is 30.3 Å². The molecule has 1 saturated heterocycles. The first-order chi connectivity index (χ1) is 13.3. The van der Waals surface area contributed by atoms with E-state index in [4.69, 9.17) is 0 Å². The second-order valence-corrected chi connectivity index (χ2v) is 7.19. The number of anilines is 1. The average molecular weight is 436 g/mol. The van der Waals surface area contributed by atoms with Gasteiger partial charge in [0.2, 0.25) is 5.91 Å². The monoisotopic (exact) mass is 435 g/mol. The molecule has 29 heavy (non-hydrogen) atoms. The minimum Gasteiger partial charge on any atom is -0.325 e. The summed E-state index contributed by atoms with van der Waals surface area (Å²) in [4.78, 5) is 19.3. The number of amides is 1. The van der Waals surface area contributed by atoms with Crippen molar-refractivity contribution < 1.29 is 4.79 Å². The first-order valence-electron chi connectivity index (χ1n) is 9.65. The summed E-state index contributed by atoms with van der Waals surface area (Å²) >= 11 is 0. The topological polar surface area (TPSA) is 73.9 Å². The number of aromatic nitrogens is 3. The molecule has 3 aromatic rings. The van der Waals surface area contributed by atoms with Gasteiger partial charge in [-0.2, -0.15) is 5.10 Å². The summed E-state index contributed by atoms with van der Waals surface area (Å²) in [5, 5.41) is 10.7. The second kappa shape index (κ2) is 11.1. The molecule has 0 spiro atoms. The lowest BCUT2D eigenvalue weighted by Crippen LogP contribution is -2.38. The van der Waals surface area contributed by atoms with Crippen LogP contribution < -0.4 is 5.32 Å². The van der Waals surface area contributed by atoms with Crippen LogP contribution in [-0.2, 0) is 11.2 Å². The van der Waals surface area contributed by atoms with Gasteiger partial charge in [-0.25, -0.2) is 4.98 Å². The summed E-state index contributed by atoms with van der Waals surface area (Å²) in [5.41, 5.74) is 2.87. The van der Waals surface area contributed by atoms with Crippen LogP contribution in [-0.4, -0.2) is 45.6 Å². The van der Waals surface area contributed by atoms with E-state index in [1.165, 1.54) is 5.56 Å². The van der Waals surface area contributed by atoms with E-state index in [0.29, 0.717) is 5.65 Å². The highest BCUT2D eigenvalue weighted by molar-refractivity contribution is 6.00. The van der Waals surface area contributed by atoms with Crippen LogP contribution >= 0.6 is 24.8 Å². The zero-order valence-corrected chi connectivity index (χ0v) is 17.8. The number of halogens is 2. The Bertz CT molecular complexity index is 894. The molecule has 1 aromatic carbocycles. The summed E-state index contributed by atoms with van der Waals surface area (Å²) < 4.78 is 0. The molecule has 1 aliphatic rings. The molecule has 2 aromatic heterocycles. The molecule has 3 heterocycles. The second-order valence-electron chi connectivity index (χ2n) is 7.19.